The highest BCUT2D eigenvalue weighted by Gasteiger charge is 2.38. The summed E-state index contributed by atoms with van der Waals surface area (Å²) in [5, 5.41) is 3.02. The van der Waals surface area contributed by atoms with Crippen LogP contribution >= 0.6 is 0 Å². The van der Waals surface area contributed by atoms with Crippen molar-refractivity contribution in [3.05, 3.63) is 63.6 Å². The van der Waals surface area contributed by atoms with Crippen molar-refractivity contribution in [2.75, 3.05) is 6.61 Å². The van der Waals surface area contributed by atoms with E-state index in [1.54, 1.807) is 11.5 Å². The lowest BCUT2D eigenvalue weighted by Gasteiger charge is -2.39. The quantitative estimate of drug-likeness (QED) is 0.786. The Bertz CT molecular complexity index is 983. The second-order valence-electron chi connectivity index (χ2n) is 7.38. The number of hydrogen-bond donors (Lipinski definition) is 1. The molecule has 0 bridgehead atoms. The van der Waals surface area contributed by atoms with Crippen LogP contribution in [0.4, 0.5) is 0 Å². The van der Waals surface area contributed by atoms with Crippen LogP contribution < -0.4 is 15.5 Å². The molecule has 2 heterocycles. The van der Waals surface area contributed by atoms with E-state index in [0.29, 0.717) is 0 Å². The zero-order valence-electron chi connectivity index (χ0n) is 16.3. The van der Waals surface area contributed by atoms with Crippen molar-refractivity contribution in [1.82, 2.24) is 9.88 Å². The summed E-state index contributed by atoms with van der Waals surface area (Å²) in [6.45, 7) is 1.97. The van der Waals surface area contributed by atoms with E-state index in [-0.39, 0.29) is 48.2 Å². The van der Waals surface area contributed by atoms with Crippen LogP contribution in [0, 0.1) is 0 Å². The number of aromatic nitrogens is 1. The van der Waals surface area contributed by atoms with Crippen LogP contribution in [0.2, 0.25) is 0 Å². The van der Waals surface area contributed by atoms with Gasteiger partial charge in [0, 0.05) is 12.2 Å². The summed E-state index contributed by atoms with van der Waals surface area (Å²) < 4.78 is 12.7. The number of esters is 1. The maximum Gasteiger partial charge on any atom is 0.343 e. The average molecular weight is 396 g/mol. The van der Waals surface area contributed by atoms with E-state index in [9.17, 15) is 14.4 Å². The number of ether oxygens (including phenoxy) is 2. The Labute approximate surface area is 168 Å². The maximum absolute atomic E-state index is 13.1. The molecular weight excluding hydrogens is 372 g/mol. The first-order valence-corrected chi connectivity index (χ1v) is 10.0. The molecule has 1 amide bonds. The van der Waals surface area contributed by atoms with Gasteiger partial charge in [-0.25, -0.2) is 4.79 Å². The third-order valence-corrected chi connectivity index (χ3v) is 5.53. The maximum atomic E-state index is 13.1. The number of benzene rings is 1. The van der Waals surface area contributed by atoms with E-state index < -0.39 is 11.4 Å². The normalized spacial score (nSPS) is 20.2. The number of carbonyl (C=O) groups excluding carboxylic acids is 2. The van der Waals surface area contributed by atoms with Crippen LogP contribution in [0.5, 0.6) is 5.75 Å². The molecule has 0 radical (unpaired) electrons. The Morgan fingerprint density at radius 1 is 1.17 bits per heavy atom. The van der Waals surface area contributed by atoms with Crippen molar-refractivity contribution in [3.63, 3.8) is 0 Å². The van der Waals surface area contributed by atoms with E-state index in [4.69, 9.17) is 9.47 Å². The van der Waals surface area contributed by atoms with Crippen molar-refractivity contribution < 1.29 is 19.1 Å². The third kappa shape index (κ3) is 3.64. The van der Waals surface area contributed by atoms with Crippen molar-refractivity contribution in [3.8, 4) is 5.75 Å². The molecule has 152 valence electrons. The zero-order valence-corrected chi connectivity index (χ0v) is 16.3. The van der Waals surface area contributed by atoms with Gasteiger partial charge in [0.05, 0.1) is 12.6 Å². The number of hydrogen-bond acceptors (Lipinski definition) is 5. The van der Waals surface area contributed by atoms with Gasteiger partial charge in [-0.05, 0) is 25.3 Å². The highest BCUT2D eigenvalue weighted by atomic mass is 16.5. The lowest BCUT2D eigenvalue weighted by Crippen LogP contribution is -2.50. The van der Waals surface area contributed by atoms with Gasteiger partial charge in [0.1, 0.15) is 12.2 Å². The van der Waals surface area contributed by atoms with Crippen LogP contribution in [0.1, 0.15) is 65.1 Å². The Balaban J connectivity index is 1.81. The molecule has 2 aliphatic rings. The van der Waals surface area contributed by atoms with Gasteiger partial charge in [-0.3, -0.25) is 9.59 Å². The average Bonchev–Trinajstić information content (AvgIpc) is 2.73. The number of rotatable bonds is 5. The second kappa shape index (κ2) is 8.11. The Hall–Kier alpha value is -3.09. The third-order valence-electron chi connectivity index (χ3n) is 5.53. The Morgan fingerprint density at radius 3 is 2.69 bits per heavy atom. The van der Waals surface area contributed by atoms with Crippen LogP contribution in [0.3, 0.4) is 0 Å². The van der Waals surface area contributed by atoms with Gasteiger partial charge in [-0.2, -0.15) is 0 Å². The van der Waals surface area contributed by atoms with Crippen molar-refractivity contribution in [1.29, 1.82) is 0 Å². The molecule has 2 aromatic rings. The largest absolute Gasteiger partial charge is 0.483 e. The smallest absolute Gasteiger partial charge is 0.343 e. The molecule has 0 unspecified atom stereocenters. The van der Waals surface area contributed by atoms with E-state index in [1.807, 2.05) is 30.3 Å². The van der Waals surface area contributed by atoms with Crippen molar-refractivity contribution in [2.24, 2.45) is 0 Å². The molecule has 4 rings (SSSR count). The molecule has 7 nitrogen and oxygen atoms in total. The summed E-state index contributed by atoms with van der Waals surface area (Å²) in [5.41, 5.74) is 0.328. The first-order chi connectivity index (χ1) is 14.1. The summed E-state index contributed by atoms with van der Waals surface area (Å²) in [5.74, 6) is -1.14. The van der Waals surface area contributed by atoms with Crippen LogP contribution in [0.15, 0.2) is 41.3 Å². The fourth-order valence-electron chi connectivity index (χ4n) is 4.16. The minimum absolute atomic E-state index is 0.00991. The summed E-state index contributed by atoms with van der Waals surface area (Å²) in [6, 6.07) is 9.35. The number of nitrogens with one attached hydrogen (secondary N) is 1. The molecule has 1 N–H and O–H groups in total. The van der Waals surface area contributed by atoms with E-state index >= 15 is 0 Å². The van der Waals surface area contributed by atoms with Crippen molar-refractivity contribution >= 4 is 11.9 Å². The summed E-state index contributed by atoms with van der Waals surface area (Å²) in [4.78, 5) is 38.4. The predicted octanol–water partition coefficient (Wildman–Crippen LogP) is 2.83. The second-order valence-corrected chi connectivity index (χ2v) is 7.38. The monoisotopic (exact) mass is 396 g/mol. The van der Waals surface area contributed by atoms with Gasteiger partial charge in [0.25, 0.3) is 5.91 Å². The molecular formula is C22H24N2O5. The SMILES string of the molecule is CCOC(=O)c1cn2c(c(OCc3ccccc3)c1=O)C(=O)N[C@@H]1CCCC[C@@H]12. The molecule has 0 saturated heterocycles. The van der Waals surface area contributed by atoms with Gasteiger partial charge in [-0.15, -0.1) is 0 Å². The van der Waals surface area contributed by atoms with Gasteiger partial charge in [0.2, 0.25) is 5.43 Å². The Kier molecular flexibility index (Phi) is 5.38. The van der Waals surface area contributed by atoms with E-state index in [0.717, 1.165) is 31.2 Å². The minimum Gasteiger partial charge on any atom is -0.483 e. The number of fused-ring (bicyclic) bond motifs is 3. The fraction of sp³-hybridized carbons (Fsp3) is 0.409. The van der Waals surface area contributed by atoms with Crippen LogP contribution in [-0.4, -0.2) is 29.1 Å². The van der Waals surface area contributed by atoms with Crippen LogP contribution in [-0.2, 0) is 11.3 Å². The molecule has 1 fully saturated rings. The van der Waals surface area contributed by atoms with E-state index in [1.165, 1.54) is 6.20 Å². The first kappa shape index (κ1) is 19.2. The van der Waals surface area contributed by atoms with Gasteiger partial charge < -0.3 is 19.4 Å². The standard InChI is InChI=1S/C22H24N2O5/c1-2-28-22(27)15-12-24-17-11-7-6-10-16(17)23-21(26)18(24)20(19(15)25)29-13-14-8-4-3-5-9-14/h3-5,8-9,12,16-17H,2,6-7,10-11,13H2,1H3,(H,23,26)/t16-,17+/m1/s1. The number of nitrogens with zero attached hydrogens (tertiary/aromatic N) is 1. The first-order valence-electron chi connectivity index (χ1n) is 10.0. The molecule has 1 aliphatic heterocycles. The van der Waals surface area contributed by atoms with Gasteiger partial charge in [-0.1, -0.05) is 43.2 Å². The minimum atomic E-state index is -0.698. The molecule has 1 aromatic heterocycles. The summed E-state index contributed by atoms with van der Waals surface area (Å²) >= 11 is 0. The molecule has 7 heteroatoms. The van der Waals surface area contributed by atoms with E-state index in [2.05, 4.69) is 5.32 Å². The molecule has 1 saturated carbocycles. The molecule has 2 atom stereocenters. The lowest BCUT2D eigenvalue weighted by molar-refractivity contribution is 0.0520. The molecule has 0 spiro atoms. The predicted molar refractivity (Wildman–Crippen MR) is 106 cm³/mol. The number of amides is 1. The van der Waals surface area contributed by atoms with Crippen molar-refractivity contribution in [2.45, 2.75) is 51.3 Å². The molecule has 29 heavy (non-hydrogen) atoms. The van der Waals surface area contributed by atoms with Crippen LogP contribution in [0.25, 0.3) is 0 Å². The summed E-state index contributed by atoms with van der Waals surface area (Å²) in [7, 11) is 0. The zero-order chi connectivity index (χ0) is 20.4. The summed E-state index contributed by atoms with van der Waals surface area (Å²) in [6.07, 6.45) is 5.28. The molecule has 1 aromatic carbocycles. The van der Waals surface area contributed by atoms with Gasteiger partial charge in [0.15, 0.2) is 11.4 Å². The highest BCUT2D eigenvalue weighted by molar-refractivity contribution is 5.98. The fourth-order valence-corrected chi connectivity index (χ4v) is 4.16. The highest BCUT2D eigenvalue weighted by Crippen LogP contribution is 2.35. The number of pyridine rings is 1. The number of carbonyl (C=O) groups is 2. The molecule has 1 aliphatic carbocycles. The topological polar surface area (TPSA) is 86.6 Å². The lowest BCUT2D eigenvalue weighted by atomic mass is 9.87. The Morgan fingerprint density at radius 2 is 1.93 bits per heavy atom. The van der Waals surface area contributed by atoms with Gasteiger partial charge >= 0.3 is 5.97 Å².